The molecule has 1 atom stereocenters. The van der Waals surface area contributed by atoms with Crippen molar-refractivity contribution in [2.45, 2.75) is 25.2 Å². The summed E-state index contributed by atoms with van der Waals surface area (Å²) in [5, 5.41) is 11.8. The SMILES string of the molecule is COc1ccccc1SCC(C)CNC(=O)c1c(C)coc1CC(=O)O. The standard InChI is InChI=1S/C19H23NO5S/c1-12(11-26-16-7-5-4-6-14(16)24-3)9-20-19(23)18-13(2)10-25-15(18)8-17(21)22/h4-7,10,12H,8-9,11H2,1-3H3,(H,20,23)(H,21,22). The van der Waals surface area contributed by atoms with Gasteiger partial charge in [0.15, 0.2) is 0 Å². The summed E-state index contributed by atoms with van der Waals surface area (Å²) >= 11 is 1.67. The maximum Gasteiger partial charge on any atom is 0.311 e. The summed E-state index contributed by atoms with van der Waals surface area (Å²) in [7, 11) is 1.64. The van der Waals surface area contributed by atoms with Gasteiger partial charge in [-0.05, 0) is 25.0 Å². The minimum absolute atomic E-state index is 0.184. The van der Waals surface area contributed by atoms with Gasteiger partial charge < -0.3 is 19.6 Å². The predicted molar refractivity (Wildman–Crippen MR) is 100 cm³/mol. The number of ether oxygens (including phenoxy) is 1. The minimum atomic E-state index is -1.03. The molecule has 1 aromatic carbocycles. The summed E-state index contributed by atoms with van der Waals surface area (Å²) in [5.74, 6) is 0.720. The number of aliphatic carboxylic acids is 1. The van der Waals surface area contributed by atoms with Crippen molar-refractivity contribution >= 4 is 23.6 Å². The number of rotatable bonds is 9. The molecule has 0 aliphatic carbocycles. The number of hydrogen-bond donors (Lipinski definition) is 2. The molecule has 140 valence electrons. The fourth-order valence-corrected chi connectivity index (χ4v) is 3.51. The van der Waals surface area contributed by atoms with Crippen LogP contribution in [-0.2, 0) is 11.2 Å². The van der Waals surface area contributed by atoms with Gasteiger partial charge >= 0.3 is 5.97 Å². The molecule has 0 saturated carbocycles. The molecule has 2 rings (SSSR count). The van der Waals surface area contributed by atoms with Crippen LogP contribution >= 0.6 is 11.8 Å². The molecule has 26 heavy (non-hydrogen) atoms. The van der Waals surface area contributed by atoms with Crippen LogP contribution in [0.1, 0.15) is 28.6 Å². The van der Waals surface area contributed by atoms with Crippen LogP contribution in [0.15, 0.2) is 39.8 Å². The third kappa shape index (κ3) is 5.29. The second-order valence-corrected chi connectivity index (χ2v) is 7.13. The Morgan fingerprint density at radius 1 is 1.35 bits per heavy atom. The molecule has 1 heterocycles. The van der Waals surface area contributed by atoms with Crippen molar-refractivity contribution in [1.82, 2.24) is 5.32 Å². The van der Waals surface area contributed by atoms with Gasteiger partial charge in [0.05, 0.1) is 18.9 Å². The highest BCUT2D eigenvalue weighted by Crippen LogP contribution is 2.29. The van der Waals surface area contributed by atoms with E-state index in [0.717, 1.165) is 16.4 Å². The molecular weight excluding hydrogens is 354 g/mol. The first-order valence-electron chi connectivity index (χ1n) is 8.25. The number of methoxy groups -OCH3 is 1. The number of nitrogens with one attached hydrogen (secondary N) is 1. The highest BCUT2D eigenvalue weighted by atomic mass is 32.2. The average molecular weight is 377 g/mol. The second-order valence-electron chi connectivity index (χ2n) is 6.06. The summed E-state index contributed by atoms with van der Waals surface area (Å²) in [6.45, 7) is 4.26. The zero-order valence-electron chi connectivity index (χ0n) is 15.1. The average Bonchev–Trinajstić information content (AvgIpc) is 2.97. The van der Waals surface area contributed by atoms with Gasteiger partial charge in [0, 0.05) is 22.8 Å². The van der Waals surface area contributed by atoms with Crippen molar-refractivity contribution in [2.24, 2.45) is 5.92 Å². The molecule has 6 nitrogen and oxygen atoms in total. The van der Waals surface area contributed by atoms with Crippen molar-refractivity contribution in [3.8, 4) is 5.75 Å². The fraction of sp³-hybridized carbons (Fsp3) is 0.368. The zero-order valence-corrected chi connectivity index (χ0v) is 15.9. The van der Waals surface area contributed by atoms with Gasteiger partial charge in [0.1, 0.15) is 17.9 Å². The van der Waals surface area contributed by atoms with Crippen molar-refractivity contribution < 1.29 is 23.8 Å². The van der Waals surface area contributed by atoms with Gasteiger partial charge in [0.2, 0.25) is 0 Å². The third-order valence-corrected chi connectivity index (χ3v) is 5.18. The van der Waals surface area contributed by atoms with Crippen LogP contribution in [0, 0.1) is 12.8 Å². The Balaban J connectivity index is 1.89. The minimum Gasteiger partial charge on any atom is -0.496 e. The lowest BCUT2D eigenvalue weighted by Crippen LogP contribution is -2.30. The quantitative estimate of drug-likeness (QED) is 0.651. The number of aryl methyl sites for hydroxylation is 1. The molecule has 2 N–H and O–H groups in total. The predicted octanol–water partition coefficient (Wildman–Crippen LogP) is 3.38. The van der Waals surface area contributed by atoms with Gasteiger partial charge in [-0.1, -0.05) is 19.1 Å². The molecule has 0 aliphatic rings. The third-order valence-electron chi connectivity index (χ3n) is 3.79. The van der Waals surface area contributed by atoms with E-state index in [1.165, 1.54) is 6.26 Å². The van der Waals surface area contributed by atoms with E-state index in [1.54, 1.807) is 25.8 Å². The number of benzene rings is 1. The Kier molecular flexibility index (Phi) is 7.15. The van der Waals surface area contributed by atoms with Crippen LogP contribution in [0.2, 0.25) is 0 Å². The van der Waals surface area contributed by atoms with Crippen molar-refractivity contribution in [3.63, 3.8) is 0 Å². The van der Waals surface area contributed by atoms with E-state index < -0.39 is 5.97 Å². The Bertz CT molecular complexity index is 771. The van der Waals surface area contributed by atoms with Gasteiger partial charge in [0.25, 0.3) is 5.91 Å². The summed E-state index contributed by atoms with van der Waals surface area (Å²) < 4.78 is 10.5. The molecule has 0 aliphatic heterocycles. The first-order chi connectivity index (χ1) is 12.4. The first kappa shape index (κ1) is 19.9. The number of carbonyl (C=O) groups is 2. The summed E-state index contributed by atoms with van der Waals surface area (Å²) in [5.41, 5.74) is 0.951. The molecule has 0 fully saturated rings. The lowest BCUT2D eigenvalue weighted by Gasteiger charge is -2.14. The zero-order chi connectivity index (χ0) is 19.1. The van der Waals surface area contributed by atoms with E-state index in [0.29, 0.717) is 17.7 Å². The van der Waals surface area contributed by atoms with E-state index >= 15 is 0 Å². The van der Waals surface area contributed by atoms with E-state index in [9.17, 15) is 9.59 Å². The van der Waals surface area contributed by atoms with Gasteiger partial charge in [-0.3, -0.25) is 9.59 Å². The Labute approximate surface area is 156 Å². The topological polar surface area (TPSA) is 88.8 Å². The molecule has 0 bridgehead atoms. The molecule has 0 saturated heterocycles. The van der Waals surface area contributed by atoms with Gasteiger partial charge in [-0.25, -0.2) is 0 Å². The van der Waals surface area contributed by atoms with Crippen LogP contribution < -0.4 is 10.1 Å². The number of thioether (sulfide) groups is 1. The van der Waals surface area contributed by atoms with E-state index in [2.05, 4.69) is 5.32 Å². The van der Waals surface area contributed by atoms with Crippen molar-refractivity contribution in [2.75, 3.05) is 19.4 Å². The number of carboxylic acids is 1. The van der Waals surface area contributed by atoms with Crippen LogP contribution in [-0.4, -0.2) is 36.4 Å². The molecule has 1 unspecified atom stereocenters. The van der Waals surface area contributed by atoms with Gasteiger partial charge in [-0.15, -0.1) is 11.8 Å². The summed E-state index contributed by atoms with van der Waals surface area (Å²) in [6.07, 6.45) is 1.10. The van der Waals surface area contributed by atoms with Crippen LogP contribution in [0.3, 0.4) is 0 Å². The highest BCUT2D eigenvalue weighted by molar-refractivity contribution is 7.99. The molecular formula is C19H23NO5S. The van der Waals surface area contributed by atoms with E-state index in [-0.39, 0.29) is 24.0 Å². The highest BCUT2D eigenvalue weighted by Gasteiger charge is 2.20. The Hall–Kier alpha value is -2.41. The maximum absolute atomic E-state index is 12.4. The summed E-state index contributed by atoms with van der Waals surface area (Å²) in [4.78, 5) is 24.4. The van der Waals surface area contributed by atoms with E-state index in [1.807, 2.05) is 31.2 Å². The van der Waals surface area contributed by atoms with Crippen LogP contribution in [0.5, 0.6) is 5.75 Å². The molecule has 7 heteroatoms. The van der Waals surface area contributed by atoms with Gasteiger partial charge in [-0.2, -0.15) is 0 Å². The largest absolute Gasteiger partial charge is 0.496 e. The number of amides is 1. The fourth-order valence-electron chi connectivity index (χ4n) is 2.45. The number of carboxylic acid groups (broad SMARTS) is 1. The van der Waals surface area contributed by atoms with Crippen LogP contribution in [0.4, 0.5) is 0 Å². The molecule has 0 radical (unpaired) electrons. The molecule has 0 spiro atoms. The number of para-hydroxylation sites is 1. The maximum atomic E-state index is 12.4. The Morgan fingerprint density at radius 3 is 2.77 bits per heavy atom. The van der Waals surface area contributed by atoms with E-state index in [4.69, 9.17) is 14.3 Å². The van der Waals surface area contributed by atoms with Crippen molar-refractivity contribution in [3.05, 3.63) is 47.4 Å². The smallest absolute Gasteiger partial charge is 0.311 e. The first-order valence-corrected chi connectivity index (χ1v) is 9.23. The van der Waals surface area contributed by atoms with Crippen molar-refractivity contribution in [1.29, 1.82) is 0 Å². The lowest BCUT2D eigenvalue weighted by atomic mass is 10.1. The Morgan fingerprint density at radius 2 is 2.08 bits per heavy atom. The molecule has 1 aromatic heterocycles. The lowest BCUT2D eigenvalue weighted by molar-refractivity contribution is -0.136. The van der Waals surface area contributed by atoms with Crippen LogP contribution in [0.25, 0.3) is 0 Å². The number of carbonyl (C=O) groups excluding carboxylic acids is 1. The molecule has 2 aromatic rings. The monoisotopic (exact) mass is 377 g/mol. The second kappa shape index (κ2) is 9.33. The number of hydrogen-bond acceptors (Lipinski definition) is 5. The number of furan rings is 1. The molecule has 1 amide bonds. The summed E-state index contributed by atoms with van der Waals surface area (Å²) in [6, 6.07) is 7.81. The normalized spacial score (nSPS) is 11.8.